The Labute approximate surface area is 126 Å². The van der Waals surface area contributed by atoms with E-state index >= 15 is 0 Å². The first-order chi connectivity index (χ1) is 10.3. The van der Waals surface area contributed by atoms with Crippen molar-refractivity contribution in [3.05, 3.63) is 33.5 Å². The molecule has 0 bridgehead atoms. The van der Waals surface area contributed by atoms with E-state index in [0.717, 1.165) is 5.69 Å². The number of aliphatic carboxylic acids is 1. The predicted octanol–water partition coefficient (Wildman–Crippen LogP) is 1.36. The van der Waals surface area contributed by atoms with Crippen LogP contribution in [0.5, 0.6) is 5.75 Å². The van der Waals surface area contributed by atoms with E-state index in [0.29, 0.717) is 22.2 Å². The van der Waals surface area contributed by atoms with Crippen LogP contribution in [0.25, 0.3) is 10.9 Å². The van der Waals surface area contributed by atoms with Gasteiger partial charge < -0.3 is 20.1 Å². The zero-order valence-electron chi connectivity index (χ0n) is 12.5. The highest BCUT2D eigenvalue weighted by atomic mass is 16.6. The fourth-order valence-electron chi connectivity index (χ4n) is 2.62. The van der Waals surface area contributed by atoms with Gasteiger partial charge in [0, 0.05) is 25.2 Å². The summed E-state index contributed by atoms with van der Waals surface area (Å²) in [5, 5.41) is 20.7. The standard InChI is InChI=1S/C14H17N3O5/c1-7-8(6-9(15)14(18)19)12-10(17(20)21)4-5-11(22-3)13(12)16(7)2/h4-5,9H,6,15H2,1-3H3,(H,18,19). The molecule has 1 atom stereocenters. The lowest BCUT2D eigenvalue weighted by atomic mass is 10.0. The first-order valence-electron chi connectivity index (χ1n) is 6.57. The molecule has 2 rings (SSSR count). The van der Waals surface area contributed by atoms with Crippen molar-refractivity contribution in [3.8, 4) is 5.75 Å². The highest BCUT2D eigenvalue weighted by Gasteiger charge is 2.26. The number of fused-ring (bicyclic) bond motifs is 1. The Morgan fingerprint density at radius 2 is 2.18 bits per heavy atom. The number of nitro benzene ring substituents is 1. The van der Waals surface area contributed by atoms with Crippen molar-refractivity contribution in [2.75, 3.05) is 7.11 Å². The Morgan fingerprint density at radius 1 is 1.55 bits per heavy atom. The van der Waals surface area contributed by atoms with Gasteiger partial charge in [0.15, 0.2) is 0 Å². The van der Waals surface area contributed by atoms with Crippen LogP contribution in [-0.4, -0.2) is 33.7 Å². The predicted molar refractivity (Wildman–Crippen MR) is 80.2 cm³/mol. The van der Waals surface area contributed by atoms with Crippen LogP contribution >= 0.6 is 0 Å². The lowest BCUT2D eigenvalue weighted by molar-refractivity contribution is -0.383. The number of methoxy groups -OCH3 is 1. The second kappa shape index (κ2) is 5.64. The third-order valence-electron chi connectivity index (χ3n) is 3.85. The molecule has 118 valence electrons. The number of aryl methyl sites for hydroxylation is 1. The first-order valence-corrected chi connectivity index (χ1v) is 6.57. The number of ether oxygens (including phenoxy) is 1. The maximum atomic E-state index is 11.3. The van der Waals surface area contributed by atoms with Gasteiger partial charge in [-0.05, 0) is 18.6 Å². The molecule has 0 aliphatic rings. The lowest BCUT2D eigenvalue weighted by Gasteiger charge is -2.07. The van der Waals surface area contributed by atoms with E-state index in [1.54, 1.807) is 18.5 Å². The summed E-state index contributed by atoms with van der Waals surface area (Å²) in [6.07, 6.45) is 0.00646. The van der Waals surface area contributed by atoms with Crippen molar-refractivity contribution >= 4 is 22.6 Å². The van der Waals surface area contributed by atoms with Crippen molar-refractivity contribution in [1.29, 1.82) is 0 Å². The molecule has 8 heteroatoms. The van der Waals surface area contributed by atoms with Crippen molar-refractivity contribution in [2.45, 2.75) is 19.4 Å². The minimum atomic E-state index is -1.15. The largest absolute Gasteiger partial charge is 0.495 e. The Hall–Kier alpha value is -2.61. The van der Waals surface area contributed by atoms with Gasteiger partial charge in [0.2, 0.25) is 0 Å². The van der Waals surface area contributed by atoms with E-state index in [1.165, 1.54) is 19.2 Å². The summed E-state index contributed by atoms with van der Waals surface area (Å²) >= 11 is 0. The lowest BCUT2D eigenvalue weighted by Crippen LogP contribution is -2.32. The number of nitrogens with zero attached hydrogens (tertiary/aromatic N) is 2. The summed E-state index contributed by atoms with van der Waals surface area (Å²) < 4.78 is 7.03. The number of carboxylic acid groups (broad SMARTS) is 1. The molecule has 0 radical (unpaired) electrons. The van der Waals surface area contributed by atoms with Crippen LogP contribution in [0.4, 0.5) is 5.69 Å². The summed E-state index contributed by atoms with van der Waals surface area (Å²) in [5.41, 5.74) is 7.35. The SMILES string of the molecule is COc1ccc([N+](=O)[O-])c2c(CC(N)C(=O)O)c(C)n(C)c12. The van der Waals surface area contributed by atoms with Gasteiger partial charge in [-0.2, -0.15) is 0 Å². The molecule has 0 spiro atoms. The minimum absolute atomic E-state index is 0.00646. The van der Waals surface area contributed by atoms with Crippen molar-refractivity contribution in [1.82, 2.24) is 4.57 Å². The molecule has 0 aliphatic carbocycles. The Balaban J connectivity index is 2.82. The van der Waals surface area contributed by atoms with E-state index in [9.17, 15) is 14.9 Å². The summed E-state index contributed by atoms with van der Waals surface area (Å²) in [5.74, 6) is -0.664. The summed E-state index contributed by atoms with van der Waals surface area (Å²) in [6.45, 7) is 1.77. The molecule has 0 aliphatic heterocycles. The highest BCUT2D eigenvalue weighted by molar-refractivity contribution is 5.98. The summed E-state index contributed by atoms with van der Waals surface area (Å²) in [7, 11) is 3.23. The Bertz CT molecular complexity index is 766. The molecule has 0 saturated carbocycles. The normalized spacial score (nSPS) is 12.4. The van der Waals surface area contributed by atoms with Crippen molar-refractivity contribution < 1.29 is 19.6 Å². The van der Waals surface area contributed by atoms with Crippen LogP contribution in [0.2, 0.25) is 0 Å². The molecule has 1 aromatic carbocycles. The number of rotatable bonds is 5. The fraction of sp³-hybridized carbons (Fsp3) is 0.357. The molecule has 0 saturated heterocycles. The van der Waals surface area contributed by atoms with Crippen LogP contribution < -0.4 is 10.5 Å². The number of non-ortho nitro benzene ring substituents is 1. The van der Waals surface area contributed by atoms with Crippen LogP contribution in [0.3, 0.4) is 0 Å². The maximum absolute atomic E-state index is 11.3. The number of nitrogens with two attached hydrogens (primary N) is 1. The van der Waals surface area contributed by atoms with Gasteiger partial charge in [-0.1, -0.05) is 0 Å². The second-order valence-electron chi connectivity index (χ2n) is 5.04. The van der Waals surface area contributed by atoms with Crippen LogP contribution in [0.1, 0.15) is 11.3 Å². The number of aromatic nitrogens is 1. The zero-order chi connectivity index (χ0) is 16.6. The molecule has 0 amide bonds. The molecular weight excluding hydrogens is 290 g/mol. The van der Waals surface area contributed by atoms with Crippen molar-refractivity contribution in [2.24, 2.45) is 12.8 Å². The van der Waals surface area contributed by atoms with Crippen LogP contribution in [0.15, 0.2) is 12.1 Å². The van der Waals surface area contributed by atoms with Gasteiger partial charge in [0.05, 0.1) is 22.9 Å². The van der Waals surface area contributed by atoms with E-state index in [-0.39, 0.29) is 12.1 Å². The van der Waals surface area contributed by atoms with E-state index < -0.39 is 16.9 Å². The van der Waals surface area contributed by atoms with Gasteiger partial charge in [0.1, 0.15) is 11.8 Å². The van der Waals surface area contributed by atoms with E-state index in [1.807, 2.05) is 0 Å². The minimum Gasteiger partial charge on any atom is -0.495 e. The number of carbonyl (C=O) groups is 1. The Kier molecular flexibility index (Phi) is 4.05. The molecule has 0 fully saturated rings. The average Bonchev–Trinajstić information content (AvgIpc) is 2.71. The topological polar surface area (TPSA) is 121 Å². The number of carboxylic acids is 1. The zero-order valence-corrected chi connectivity index (χ0v) is 12.5. The molecule has 2 aromatic rings. The molecule has 8 nitrogen and oxygen atoms in total. The highest BCUT2D eigenvalue weighted by Crippen LogP contribution is 2.38. The first kappa shape index (κ1) is 15.8. The number of hydrogen-bond acceptors (Lipinski definition) is 5. The second-order valence-corrected chi connectivity index (χ2v) is 5.04. The van der Waals surface area contributed by atoms with Crippen LogP contribution in [-0.2, 0) is 18.3 Å². The number of nitro groups is 1. The molecule has 1 aromatic heterocycles. The molecule has 3 N–H and O–H groups in total. The third-order valence-corrected chi connectivity index (χ3v) is 3.85. The van der Waals surface area contributed by atoms with Gasteiger partial charge in [-0.15, -0.1) is 0 Å². The quantitative estimate of drug-likeness (QED) is 0.635. The molecule has 1 heterocycles. The van der Waals surface area contributed by atoms with Gasteiger partial charge in [-0.3, -0.25) is 14.9 Å². The fourth-order valence-corrected chi connectivity index (χ4v) is 2.62. The number of benzene rings is 1. The van der Waals surface area contributed by atoms with Crippen molar-refractivity contribution in [3.63, 3.8) is 0 Å². The molecular formula is C14H17N3O5. The maximum Gasteiger partial charge on any atom is 0.320 e. The summed E-state index contributed by atoms with van der Waals surface area (Å²) in [6, 6.07) is 1.76. The van der Waals surface area contributed by atoms with E-state index in [2.05, 4.69) is 0 Å². The Morgan fingerprint density at radius 3 is 2.68 bits per heavy atom. The third kappa shape index (κ3) is 2.37. The van der Waals surface area contributed by atoms with Crippen LogP contribution in [0, 0.1) is 17.0 Å². The van der Waals surface area contributed by atoms with Gasteiger partial charge >= 0.3 is 5.97 Å². The molecule has 22 heavy (non-hydrogen) atoms. The summed E-state index contributed by atoms with van der Waals surface area (Å²) in [4.78, 5) is 21.8. The smallest absolute Gasteiger partial charge is 0.320 e. The molecule has 1 unspecified atom stereocenters. The monoisotopic (exact) mass is 307 g/mol. The van der Waals surface area contributed by atoms with Gasteiger partial charge in [0.25, 0.3) is 5.69 Å². The van der Waals surface area contributed by atoms with E-state index in [4.69, 9.17) is 15.6 Å². The average molecular weight is 307 g/mol. The van der Waals surface area contributed by atoms with Gasteiger partial charge in [-0.25, -0.2) is 0 Å². The number of hydrogen-bond donors (Lipinski definition) is 2.